The van der Waals surface area contributed by atoms with Crippen molar-refractivity contribution in [2.24, 2.45) is 0 Å². The average molecular weight is 62.0 g/mol. The van der Waals surface area contributed by atoms with Crippen molar-refractivity contribution in [3.63, 3.8) is 0 Å². The third kappa shape index (κ3) is 1.60. The summed E-state index contributed by atoms with van der Waals surface area (Å²) in [6.07, 6.45) is 0.208. The van der Waals surface area contributed by atoms with E-state index in [1.165, 1.54) is 0 Å². The highest BCUT2D eigenvalue weighted by Gasteiger charge is 1.57. The molecule has 0 aliphatic heterocycles. The van der Waals surface area contributed by atoms with E-state index < -0.39 is 6.67 Å². The molecular formula is C2H3FO. The van der Waals surface area contributed by atoms with E-state index in [0.717, 1.165) is 0 Å². The van der Waals surface area contributed by atoms with Crippen LogP contribution in [0.15, 0.2) is 0 Å². The molecule has 0 N–H and O–H groups in total. The van der Waals surface area contributed by atoms with Gasteiger partial charge in [0.1, 0.15) is 6.67 Å². The summed E-state index contributed by atoms with van der Waals surface area (Å²) >= 11 is 0. The fourth-order valence-corrected chi connectivity index (χ4v) is 0. The maximum absolute atomic E-state index is 10.4. The zero-order valence-corrected chi connectivity index (χ0v) is 2.07. The van der Waals surface area contributed by atoms with E-state index in [-0.39, 0.29) is 6.29 Å². The molecule has 0 unspecified atom stereocenters. The van der Waals surface area contributed by atoms with Crippen LogP contribution in [-0.4, -0.2) is 13.0 Å². The minimum atomic E-state index is -0.861. The van der Waals surface area contributed by atoms with Crippen molar-refractivity contribution in [3.8, 4) is 0 Å². The third-order valence-corrected chi connectivity index (χ3v) is 0.0630. The number of hydrogen-bond donors (Lipinski definition) is 0. The Morgan fingerprint density at radius 1 is 2.00 bits per heavy atom. The standard InChI is InChI=1S/C2H3FO/c3-1-2-4/h2H,1H2. The van der Waals surface area contributed by atoms with Crippen LogP contribution < -0.4 is 0 Å². The molecule has 0 amide bonds. The van der Waals surface area contributed by atoms with Gasteiger partial charge in [-0.15, -0.1) is 0 Å². The van der Waals surface area contributed by atoms with Crippen LogP contribution in [0.2, 0.25) is 0 Å². The Bertz CT molecular complexity index is 20.0. The highest BCUT2D eigenvalue weighted by Crippen LogP contribution is 1.46. The minimum absolute atomic E-state index is 0.208. The van der Waals surface area contributed by atoms with Gasteiger partial charge in [-0.2, -0.15) is 0 Å². The molecule has 24 valence electrons. The fraction of sp³-hybridized carbons (Fsp3) is 0.500. The van der Waals surface area contributed by atoms with Gasteiger partial charge < -0.3 is 4.79 Å². The lowest BCUT2D eigenvalue weighted by molar-refractivity contribution is -0.108. The minimum Gasteiger partial charge on any atom is -0.300 e. The Hall–Kier alpha value is -0.400. The first-order valence-electron chi connectivity index (χ1n) is 0.911. The quantitative estimate of drug-likeness (QED) is 0.395. The van der Waals surface area contributed by atoms with Crippen molar-refractivity contribution in [2.75, 3.05) is 6.67 Å². The Balaban J connectivity index is 2.30. The molecule has 0 aromatic rings. The molecule has 0 saturated carbocycles. The number of carbonyl (C=O) groups is 1. The maximum Gasteiger partial charge on any atom is 0.150 e. The monoisotopic (exact) mass is 62.0 g/mol. The van der Waals surface area contributed by atoms with Gasteiger partial charge in [0.05, 0.1) is 0 Å². The largest absolute Gasteiger partial charge is 0.300 e. The highest BCUT2D eigenvalue weighted by molar-refractivity contribution is 5.50. The number of aldehydes is 1. The summed E-state index contributed by atoms with van der Waals surface area (Å²) in [5.74, 6) is 0. The lowest BCUT2D eigenvalue weighted by atomic mass is 10.9. The van der Waals surface area contributed by atoms with Crippen molar-refractivity contribution >= 4 is 6.29 Å². The van der Waals surface area contributed by atoms with Crippen molar-refractivity contribution in [1.82, 2.24) is 0 Å². The van der Waals surface area contributed by atoms with Crippen LogP contribution in [0, 0.1) is 0 Å². The van der Waals surface area contributed by atoms with Crippen LogP contribution in [0.5, 0.6) is 0 Å². The molecule has 0 heterocycles. The van der Waals surface area contributed by atoms with Crippen molar-refractivity contribution in [3.05, 3.63) is 0 Å². The van der Waals surface area contributed by atoms with Gasteiger partial charge in [-0.3, -0.25) is 0 Å². The summed E-state index contributed by atoms with van der Waals surface area (Å²) in [5, 5.41) is 0. The van der Waals surface area contributed by atoms with Crippen LogP contribution in [0.4, 0.5) is 4.39 Å². The molecule has 0 bridgehead atoms. The van der Waals surface area contributed by atoms with Gasteiger partial charge in [-0.25, -0.2) is 4.39 Å². The molecule has 0 aliphatic rings. The Morgan fingerprint density at radius 2 is 2.25 bits per heavy atom. The zero-order chi connectivity index (χ0) is 3.41. The second kappa shape index (κ2) is 2.60. The van der Waals surface area contributed by atoms with Gasteiger partial charge in [0.2, 0.25) is 0 Å². The topological polar surface area (TPSA) is 17.1 Å². The molecular weight excluding hydrogens is 59.0 g/mol. The second-order valence-corrected chi connectivity index (χ2v) is 0.321. The van der Waals surface area contributed by atoms with E-state index in [0.29, 0.717) is 0 Å². The molecule has 0 atom stereocenters. The summed E-state index contributed by atoms with van der Waals surface area (Å²) in [6, 6.07) is 0. The van der Waals surface area contributed by atoms with Gasteiger partial charge in [-0.05, 0) is 0 Å². The second-order valence-electron chi connectivity index (χ2n) is 0.321. The highest BCUT2D eigenvalue weighted by atomic mass is 19.1. The zero-order valence-electron chi connectivity index (χ0n) is 2.07. The Labute approximate surface area is 23.4 Å². The molecule has 0 fully saturated rings. The summed E-state index contributed by atoms with van der Waals surface area (Å²) in [7, 11) is 0. The van der Waals surface area contributed by atoms with E-state index in [1.54, 1.807) is 0 Å². The molecule has 2 heteroatoms. The SMILES string of the molecule is O=CCF. The van der Waals surface area contributed by atoms with E-state index in [2.05, 4.69) is 0 Å². The summed E-state index contributed by atoms with van der Waals surface area (Å²) in [5.41, 5.74) is 0. The van der Waals surface area contributed by atoms with Crippen LogP contribution in [-0.2, 0) is 4.79 Å². The number of carbonyl (C=O) groups excluding carboxylic acids is 1. The average Bonchev–Trinajstić information content (AvgIpc) is 1.37. The van der Waals surface area contributed by atoms with Gasteiger partial charge in [0, 0.05) is 0 Å². The predicted molar refractivity (Wildman–Crippen MR) is 12.0 cm³/mol. The number of alkyl halides is 1. The predicted octanol–water partition coefficient (Wildman–Crippen LogP) is 0.155. The van der Waals surface area contributed by atoms with Crippen LogP contribution in [0.3, 0.4) is 0 Å². The van der Waals surface area contributed by atoms with E-state index in [9.17, 15) is 4.39 Å². The molecule has 4 heavy (non-hydrogen) atoms. The van der Waals surface area contributed by atoms with Crippen LogP contribution in [0.25, 0.3) is 0 Å². The van der Waals surface area contributed by atoms with Crippen molar-refractivity contribution in [2.45, 2.75) is 0 Å². The molecule has 0 aromatic carbocycles. The lowest BCUT2D eigenvalue weighted by Gasteiger charge is -1.48. The first-order valence-corrected chi connectivity index (χ1v) is 0.911. The lowest BCUT2D eigenvalue weighted by Crippen LogP contribution is -1.65. The first-order chi connectivity index (χ1) is 1.91. The Morgan fingerprint density at radius 3 is 2.25 bits per heavy atom. The van der Waals surface area contributed by atoms with E-state index in [4.69, 9.17) is 4.79 Å². The molecule has 0 aliphatic carbocycles. The smallest absolute Gasteiger partial charge is 0.150 e. The number of halogens is 1. The summed E-state index contributed by atoms with van der Waals surface area (Å²) in [6.45, 7) is -0.861. The van der Waals surface area contributed by atoms with Gasteiger partial charge in [0.25, 0.3) is 0 Å². The normalized spacial score (nSPS) is 6.25. The summed E-state index contributed by atoms with van der Waals surface area (Å²) < 4.78 is 10.4. The molecule has 0 rings (SSSR count). The van der Waals surface area contributed by atoms with Crippen molar-refractivity contribution in [1.29, 1.82) is 0 Å². The Kier molecular flexibility index (Phi) is 2.34. The summed E-state index contributed by atoms with van der Waals surface area (Å²) in [4.78, 5) is 8.80. The first kappa shape index (κ1) is 3.60. The van der Waals surface area contributed by atoms with Crippen LogP contribution in [0.1, 0.15) is 0 Å². The molecule has 0 radical (unpaired) electrons. The van der Waals surface area contributed by atoms with Crippen LogP contribution >= 0.6 is 0 Å². The molecule has 0 aromatic heterocycles. The molecule has 1 nitrogen and oxygen atoms in total. The maximum atomic E-state index is 10.4. The van der Waals surface area contributed by atoms with E-state index in [1.807, 2.05) is 0 Å². The van der Waals surface area contributed by atoms with Gasteiger partial charge in [0.15, 0.2) is 6.29 Å². The third-order valence-electron chi connectivity index (χ3n) is 0.0630. The van der Waals surface area contributed by atoms with E-state index >= 15 is 0 Å². The number of rotatable bonds is 1. The van der Waals surface area contributed by atoms with Gasteiger partial charge >= 0.3 is 0 Å². The molecule has 0 saturated heterocycles. The fourth-order valence-electron chi connectivity index (χ4n) is 0. The number of hydrogen-bond acceptors (Lipinski definition) is 1. The van der Waals surface area contributed by atoms with Gasteiger partial charge in [-0.1, -0.05) is 0 Å². The van der Waals surface area contributed by atoms with Crippen molar-refractivity contribution < 1.29 is 9.18 Å². The molecule has 0 spiro atoms.